The van der Waals surface area contributed by atoms with Crippen LogP contribution in [0.3, 0.4) is 0 Å². The van der Waals surface area contributed by atoms with Gasteiger partial charge in [0.25, 0.3) is 5.91 Å². The molecule has 0 aliphatic carbocycles. The van der Waals surface area contributed by atoms with Gasteiger partial charge >= 0.3 is 6.18 Å². The number of hydrogen-bond acceptors (Lipinski definition) is 7. The number of pyridine rings is 2. The van der Waals surface area contributed by atoms with Crippen LogP contribution < -0.4 is 16.9 Å². The van der Waals surface area contributed by atoms with Crippen molar-refractivity contribution in [3.63, 3.8) is 0 Å². The molecule has 35 heavy (non-hydrogen) atoms. The number of nitrogens with two attached hydrogens (primary N) is 2. The number of hydrazine groups is 1. The van der Waals surface area contributed by atoms with Crippen LogP contribution in [0, 0.1) is 6.92 Å². The van der Waals surface area contributed by atoms with E-state index in [0.717, 1.165) is 11.3 Å². The van der Waals surface area contributed by atoms with Gasteiger partial charge in [-0.2, -0.15) is 18.3 Å². The Morgan fingerprint density at radius 2 is 1.94 bits per heavy atom. The van der Waals surface area contributed by atoms with E-state index in [4.69, 9.17) is 11.6 Å². The lowest BCUT2D eigenvalue weighted by Crippen LogP contribution is -2.27. The van der Waals surface area contributed by atoms with E-state index >= 15 is 0 Å². The van der Waals surface area contributed by atoms with Crippen LogP contribution in [0.4, 0.5) is 18.9 Å². The highest BCUT2D eigenvalue weighted by molar-refractivity contribution is 6.05. The van der Waals surface area contributed by atoms with Crippen molar-refractivity contribution in [1.82, 2.24) is 24.9 Å². The van der Waals surface area contributed by atoms with E-state index in [1.165, 1.54) is 31.6 Å². The monoisotopic (exact) mass is 483 g/mol. The molecule has 0 fully saturated rings. The minimum absolute atomic E-state index is 0.0376. The summed E-state index contributed by atoms with van der Waals surface area (Å²) in [6.45, 7) is 1.66. The number of halogens is 3. The summed E-state index contributed by atoms with van der Waals surface area (Å²) in [4.78, 5) is 21.2. The van der Waals surface area contributed by atoms with Gasteiger partial charge in [0.2, 0.25) is 0 Å². The number of carbonyl (C=O) groups excluding carboxylic acids is 1. The number of nitrogens with zero attached hydrogens (tertiary/aromatic N) is 6. The number of aryl methyl sites for hydroxylation is 1. The molecule has 0 unspecified atom stereocenters. The Bertz CT molecular complexity index is 1440. The molecule has 10 nitrogen and oxygen atoms in total. The first-order chi connectivity index (χ1) is 16.6. The lowest BCUT2D eigenvalue weighted by atomic mass is 10.1. The van der Waals surface area contributed by atoms with Crippen molar-refractivity contribution in [2.45, 2.75) is 13.1 Å². The fraction of sp³-hybridized carbons (Fsp3) is 0.136. The summed E-state index contributed by atoms with van der Waals surface area (Å²) >= 11 is 0. The zero-order valence-electron chi connectivity index (χ0n) is 18.6. The van der Waals surface area contributed by atoms with Crippen LogP contribution >= 0.6 is 0 Å². The van der Waals surface area contributed by atoms with E-state index in [1.807, 2.05) is 0 Å². The average molecular weight is 483 g/mol. The Balaban J connectivity index is 1.72. The lowest BCUT2D eigenvalue weighted by molar-refractivity contribution is -0.143. The zero-order valence-corrected chi connectivity index (χ0v) is 18.6. The first-order valence-electron chi connectivity index (χ1n) is 10.2. The Labute approximate surface area is 197 Å². The van der Waals surface area contributed by atoms with Crippen LogP contribution in [-0.4, -0.2) is 43.7 Å². The molecule has 0 aliphatic heterocycles. The second kappa shape index (κ2) is 9.02. The van der Waals surface area contributed by atoms with Crippen molar-refractivity contribution >= 4 is 28.3 Å². The Morgan fingerprint density at radius 1 is 1.17 bits per heavy atom. The third-order valence-electron chi connectivity index (χ3n) is 4.98. The minimum atomic E-state index is -4.87. The first kappa shape index (κ1) is 23.6. The van der Waals surface area contributed by atoms with E-state index < -0.39 is 23.3 Å². The van der Waals surface area contributed by atoms with Gasteiger partial charge in [-0.05, 0) is 42.8 Å². The molecule has 0 saturated carbocycles. The number of carbonyl (C=O) groups is 1. The van der Waals surface area contributed by atoms with Crippen molar-refractivity contribution < 1.29 is 18.0 Å². The number of alkyl halides is 3. The Kier molecular flexibility index (Phi) is 6.09. The maximum Gasteiger partial charge on any atom is 0.434 e. The van der Waals surface area contributed by atoms with Crippen molar-refractivity contribution in [2.24, 2.45) is 16.7 Å². The molecule has 1 amide bonds. The fourth-order valence-corrected chi connectivity index (χ4v) is 3.57. The molecule has 0 saturated heterocycles. The van der Waals surface area contributed by atoms with Gasteiger partial charge in [-0.25, -0.2) is 15.6 Å². The van der Waals surface area contributed by atoms with Gasteiger partial charge in [-0.15, -0.1) is 5.10 Å². The number of hydrogen-bond donors (Lipinski definition) is 3. The predicted octanol–water partition coefficient (Wildman–Crippen LogP) is 2.82. The molecule has 13 heteroatoms. The molecule has 0 spiro atoms. The number of nitrogens with one attached hydrogen (secondary N) is 1. The first-order valence-corrected chi connectivity index (χ1v) is 10.2. The highest BCUT2D eigenvalue weighted by Crippen LogP contribution is 2.35. The maximum atomic E-state index is 14.1. The number of aromatic nitrogens is 4. The van der Waals surface area contributed by atoms with Crippen LogP contribution in [0.2, 0.25) is 0 Å². The van der Waals surface area contributed by atoms with Crippen LogP contribution in [0.5, 0.6) is 0 Å². The third-order valence-corrected chi connectivity index (χ3v) is 4.98. The fourth-order valence-electron chi connectivity index (χ4n) is 3.57. The van der Waals surface area contributed by atoms with E-state index in [0.29, 0.717) is 26.8 Å². The van der Waals surface area contributed by atoms with Gasteiger partial charge in [-0.1, -0.05) is 6.07 Å². The molecule has 5 N–H and O–H groups in total. The summed E-state index contributed by atoms with van der Waals surface area (Å²) in [6.07, 6.45) is -1.20. The highest BCUT2D eigenvalue weighted by Gasteiger charge is 2.41. The largest absolute Gasteiger partial charge is 0.434 e. The van der Waals surface area contributed by atoms with Gasteiger partial charge in [0.05, 0.1) is 34.8 Å². The molecule has 180 valence electrons. The quantitative estimate of drug-likeness (QED) is 0.172. The number of amides is 1. The highest BCUT2D eigenvalue weighted by atomic mass is 19.4. The van der Waals surface area contributed by atoms with E-state index in [2.05, 4.69) is 25.5 Å². The van der Waals surface area contributed by atoms with Gasteiger partial charge in [0, 0.05) is 18.6 Å². The minimum Gasteiger partial charge on any atom is -0.380 e. The number of benzene rings is 1. The third kappa shape index (κ3) is 4.75. The number of rotatable bonds is 5. The van der Waals surface area contributed by atoms with Crippen molar-refractivity contribution in [2.75, 3.05) is 12.4 Å². The maximum absolute atomic E-state index is 14.1. The SMILES string of the molecule is Cc1cc(NC(=O)c2cnn(-c3cccc4ncccc34)c2C(F)(F)F)cnc1/C(N)=N/N(C)N. The van der Waals surface area contributed by atoms with Crippen molar-refractivity contribution in [3.05, 3.63) is 77.5 Å². The molecule has 0 atom stereocenters. The average Bonchev–Trinajstić information content (AvgIpc) is 3.24. The summed E-state index contributed by atoms with van der Waals surface area (Å²) in [5.74, 6) is 4.48. The van der Waals surface area contributed by atoms with Gasteiger partial charge in [0.1, 0.15) is 5.69 Å². The van der Waals surface area contributed by atoms with Crippen LogP contribution in [0.25, 0.3) is 16.6 Å². The van der Waals surface area contributed by atoms with Crippen molar-refractivity contribution in [1.29, 1.82) is 0 Å². The van der Waals surface area contributed by atoms with Gasteiger partial charge < -0.3 is 11.1 Å². The molecule has 0 bridgehead atoms. The topological polar surface area (TPSA) is 140 Å². The molecule has 4 aromatic rings. The summed E-state index contributed by atoms with van der Waals surface area (Å²) in [6, 6.07) is 9.47. The van der Waals surface area contributed by atoms with Gasteiger partial charge in [-0.3, -0.25) is 14.8 Å². The van der Waals surface area contributed by atoms with E-state index in [-0.39, 0.29) is 17.2 Å². The Hall–Kier alpha value is -4.52. The van der Waals surface area contributed by atoms with Crippen LogP contribution in [-0.2, 0) is 6.18 Å². The number of amidine groups is 1. The van der Waals surface area contributed by atoms with Gasteiger partial charge in [0.15, 0.2) is 11.5 Å². The second-order valence-electron chi connectivity index (χ2n) is 7.57. The van der Waals surface area contributed by atoms with Crippen molar-refractivity contribution in [3.8, 4) is 5.69 Å². The normalized spacial score (nSPS) is 12.1. The summed E-state index contributed by atoms with van der Waals surface area (Å²) in [5, 5.41) is 11.6. The molecule has 3 aromatic heterocycles. The number of fused-ring (bicyclic) bond motifs is 1. The molecule has 4 rings (SSSR count). The van der Waals surface area contributed by atoms with Crippen LogP contribution in [0.1, 0.15) is 27.3 Å². The number of anilines is 1. The van der Waals surface area contributed by atoms with E-state index in [1.54, 1.807) is 31.2 Å². The summed E-state index contributed by atoms with van der Waals surface area (Å²) in [5.41, 5.74) is 5.62. The number of hydrazone groups is 1. The molecule has 3 heterocycles. The zero-order chi connectivity index (χ0) is 25.3. The summed E-state index contributed by atoms with van der Waals surface area (Å²) in [7, 11) is 1.48. The molecular weight excluding hydrogens is 463 g/mol. The molecule has 0 aliphatic rings. The summed E-state index contributed by atoms with van der Waals surface area (Å²) < 4.78 is 43.1. The smallest absolute Gasteiger partial charge is 0.380 e. The molecule has 0 radical (unpaired) electrons. The van der Waals surface area contributed by atoms with E-state index in [9.17, 15) is 18.0 Å². The standard InChI is InChI=1S/C22H20F3N9O/c1-12-9-13(10-29-18(12)20(26)32-33(2)27)31-21(35)15-11-30-34(19(15)22(23,24)25)17-7-3-6-16-14(17)5-4-8-28-16/h3-11H,27H2,1-2H3,(H2,26,32)(H,31,35). The van der Waals surface area contributed by atoms with Crippen LogP contribution in [0.15, 0.2) is 60.1 Å². The molecular formula is C22H20F3N9O. The predicted molar refractivity (Wildman–Crippen MR) is 123 cm³/mol. The Morgan fingerprint density at radius 3 is 2.63 bits per heavy atom. The second-order valence-corrected chi connectivity index (χ2v) is 7.57. The molecule has 1 aromatic carbocycles. The lowest BCUT2D eigenvalue weighted by Gasteiger charge is -2.14.